The van der Waals surface area contributed by atoms with Gasteiger partial charge in [-0.2, -0.15) is 0 Å². The van der Waals surface area contributed by atoms with E-state index >= 15 is 0 Å². The third-order valence-corrected chi connectivity index (χ3v) is 4.40. The molecule has 1 unspecified atom stereocenters. The van der Waals surface area contributed by atoms with Gasteiger partial charge in [0.1, 0.15) is 11.5 Å². The number of methoxy groups -OCH3 is 2. The van der Waals surface area contributed by atoms with Gasteiger partial charge in [0, 0.05) is 22.9 Å². The number of carbonyl (C=O) groups is 1. The molecule has 1 heterocycles. The number of hydrogen-bond donors (Lipinski definition) is 1. The van der Waals surface area contributed by atoms with E-state index in [2.05, 4.69) is 5.32 Å². The Morgan fingerprint density at radius 3 is 2.73 bits per heavy atom. The van der Waals surface area contributed by atoms with Crippen molar-refractivity contribution in [3.05, 3.63) is 46.2 Å². The zero-order chi connectivity index (χ0) is 15.9. The summed E-state index contributed by atoms with van der Waals surface area (Å²) in [5.74, 6) is 1.49. The zero-order valence-electron chi connectivity index (χ0n) is 13.1. The van der Waals surface area contributed by atoms with Crippen molar-refractivity contribution in [1.82, 2.24) is 5.32 Å². The summed E-state index contributed by atoms with van der Waals surface area (Å²) in [4.78, 5) is 13.3. The van der Waals surface area contributed by atoms with E-state index in [1.54, 1.807) is 25.6 Å². The highest BCUT2D eigenvalue weighted by atomic mass is 32.1. The van der Waals surface area contributed by atoms with Crippen LogP contribution in [0.4, 0.5) is 0 Å². The Balaban J connectivity index is 1.96. The lowest BCUT2D eigenvalue weighted by molar-refractivity contribution is -0.121. The normalized spacial score (nSPS) is 11.8. The predicted octanol–water partition coefficient (Wildman–Crippen LogP) is 3.58. The Kier molecular flexibility index (Phi) is 5.83. The molecular formula is C17H21NO3S. The minimum absolute atomic E-state index is 0.0405. The van der Waals surface area contributed by atoms with E-state index in [4.69, 9.17) is 9.47 Å². The van der Waals surface area contributed by atoms with E-state index in [1.165, 1.54) is 4.88 Å². The number of amides is 1. The lowest BCUT2D eigenvalue weighted by Gasteiger charge is -2.18. The molecule has 0 radical (unpaired) electrons. The third-order valence-electron chi connectivity index (χ3n) is 3.46. The molecule has 0 bridgehead atoms. The average Bonchev–Trinajstić information content (AvgIpc) is 3.05. The van der Waals surface area contributed by atoms with Crippen LogP contribution in [-0.4, -0.2) is 20.1 Å². The molecule has 2 aromatic rings. The minimum atomic E-state index is -0.114. The van der Waals surface area contributed by atoms with Gasteiger partial charge in [-0.1, -0.05) is 6.07 Å². The third kappa shape index (κ3) is 4.24. The van der Waals surface area contributed by atoms with E-state index in [9.17, 15) is 4.79 Å². The van der Waals surface area contributed by atoms with Crippen molar-refractivity contribution >= 4 is 17.2 Å². The largest absolute Gasteiger partial charge is 0.497 e. The smallest absolute Gasteiger partial charge is 0.220 e. The van der Waals surface area contributed by atoms with Crippen molar-refractivity contribution in [2.75, 3.05) is 14.2 Å². The maximum Gasteiger partial charge on any atom is 0.220 e. The van der Waals surface area contributed by atoms with Crippen LogP contribution in [-0.2, 0) is 11.2 Å². The summed E-state index contributed by atoms with van der Waals surface area (Å²) in [6, 6.07) is 9.55. The van der Waals surface area contributed by atoms with Gasteiger partial charge in [-0.15, -0.1) is 11.3 Å². The SMILES string of the molecule is COc1ccc(C(C)NC(=O)CCc2cccs2)c(OC)c1. The fraction of sp³-hybridized carbons (Fsp3) is 0.353. The monoisotopic (exact) mass is 319 g/mol. The van der Waals surface area contributed by atoms with Crippen LogP contribution in [0.15, 0.2) is 35.7 Å². The molecule has 1 N–H and O–H groups in total. The standard InChI is InChI=1S/C17H21NO3S/c1-12(15-8-6-13(20-2)11-16(15)21-3)18-17(19)9-7-14-5-4-10-22-14/h4-6,8,10-12H,7,9H2,1-3H3,(H,18,19). The molecule has 0 aliphatic heterocycles. The molecule has 22 heavy (non-hydrogen) atoms. The lowest BCUT2D eigenvalue weighted by Crippen LogP contribution is -2.27. The second-order valence-corrected chi connectivity index (χ2v) is 6.01. The average molecular weight is 319 g/mol. The first kappa shape index (κ1) is 16.4. The van der Waals surface area contributed by atoms with Gasteiger partial charge < -0.3 is 14.8 Å². The number of rotatable bonds is 7. The number of thiophene rings is 1. The number of ether oxygens (including phenoxy) is 2. The van der Waals surface area contributed by atoms with Gasteiger partial charge >= 0.3 is 0 Å². The maximum absolute atomic E-state index is 12.1. The van der Waals surface area contributed by atoms with Crippen LogP contribution < -0.4 is 14.8 Å². The van der Waals surface area contributed by atoms with E-state index in [-0.39, 0.29) is 11.9 Å². The molecule has 0 saturated heterocycles. The molecule has 0 fully saturated rings. The summed E-state index contributed by atoms with van der Waals surface area (Å²) in [6.45, 7) is 1.95. The Bertz CT molecular complexity index is 610. The van der Waals surface area contributed by atoms with Gasteiger partial charge in [0.25, 0.3) is 0 Å². The second kappa shape index (κ2) is 7.84. The van der Waals surface area contributed by atoms with Gasteiger partial charge in [0.2, 0.25) is 5.91 Å². The molecule has 2 rings (SSSR count). The van der Waals surface area contributed by atoms with E-state index in [0.717, 1.165) is 17.7 Å². The molecule has 0 aliphatic carbocycles. The molecule has 1 atom stereocenters. The molecular weight excluding hydrogens is 298 g/mol. The first-order chi connectivity index (χ1) is 10.6. The quantitative estimate of drug-likeness (QED) is 0.848. The van der Waals surface area contributed by atoms with Crippen LogP contribution in [0.25, 0.3) is 0 Å². The van der Waals surface area contributed by atoms with Crippen molar-refractivity contribution in [2.45, 2.75) is 25.8 Å². The molecule has 1 aromatic heterocycles. The topological polar surface area (TPSA) is 47.6 Å². The van der Waals surface area contributed by atoms with Gasteiger partial charge in [-0.3, -0.25) is 4.79 Å². The molecule has 0 aliphatic rings. The zero-order valence-corrected chi connectivity index (χ0v) is 13.9. The Morgan fingerprint density at radius 1 is 1.27 bits per heavy atom. The number of carbonyl (C=O) groups excluding carboxylic acids is 1. The summed E-state index contributed by atoms with van der Waals surface area (Å²) in [7, 11) is 3.23. The van der Waals surface area contributed by atoms with Crippen LogP contribution in [0.1, 0.15) is 29.8 Å². The van der Waals surface area contributed by atoms with Crippen molar-refractivity contribution in [3.63, 3.8) is 0 Å². The van der Waals surface area contributed by atoms with Gasteiger partial charge in [-0.05, 0) is 36.9 Å². The number of aryl methyl sites for hydroxylation is 1. The number of nitrogens with one attached hydrogen (secondary N) is 1. The second-order valence-electron chi connectivity index (χ2n) is 4.98. The predicted molar refractivity (Wildman–Crippen MR) is 88.7 cm³/mol. The summed E-state index contributed by atoms with van der Waals surface area (Å²) < 4.78 is 10.6. The van der Waals surface area contributed by atoms with Crippen molar-refractivity contribution in [2.24, 2.45) is 0 Å². The summed E-state index contributed by atoms with van der Waals surface area (Å²) in [6.07, 6.45) is 1.26. The highest BCUT2D eigenvalue weighted by molar-refractivity contribution is 7.09. The molecule has 1 aromatic carbocycles. The van der Waals surface area contributed by atoms with E-state index in [0.29, 0.717) is 12.2 Å². The van der Waals surface area contributed by atoms with Gasteiger partial charge in [0.05, 0.1) is 20.3 Å². The van der Waals surface area contributed by atoms with Crippen LogP contribution in [0.5, 0.6) is 11.5 Å². The lowest BCUT2D eigenvalue weighted by atomic mass is 10.1. The molecule has 0 spiro atoms. The van der Waals surface area contributed by atoms with Gasteiger partial charge in [0.15, 0.2) is 0 Å². The maximum atomic E-state index is 12.1. The highest BCUT2D eigenvalue weighted by Gasteiger charge is 2.15. The van der Waals surface area contributed by atoms with Crippen LogP contribution in [0.3, 0.4) is 0 Å². The Morgan fingerprint density at radius 2 is 2.09 bits per heavy atom. The van der Waals surface area contributed by atoms with Gasteiger partial charge in [-0.25, -0.2) is 0 Å². The number of hydrogen-bond acceptors (Lipinski definition) is 4. The van der Waals surface area contributed by atoms with Crippen LogP contribution in [0.2, 0.25) is 0 Å². The number of benzene rings is 1. The van der Waals surface area contributed by atoms with E-state index in [1.807, 2.05) is 42.6 Å². The summed E-state index contributed by atoms with van der Waals surface area (Å²) >= 11 is 1.68. The van der Waals surface area contributed by atoms with E-state index < -0.39 is 0 Å². The summed E-state index contributed by atoms with van der Waals surface area (Å²) in [5, 5.41) is 5.04. The minimum Gasteiger partial charge on any atom is -0.497 e. The molecule has 5 heteroatoms. The highest BCUT2D eigenvalue weighted by Crippen LogP contribution is 2.29. The fourth-order valence-corrected chi connectivity index (χ4v) is 2.97. The van der Waals surface area contributed by atoms with Crippen molar-refractivity contribution in [1.29, 1.82) is 0 Å². The molecule has 4 nitrogen and oxygen atoms in total. The van der Waals surface area contributed by atoms with Crippen LogP contribution in [0, 0.1) is 0 Å². The van der Waals surface area contributed by atoms with Crippen LogP contribution >= 0.6 is 11.3 Å². The first-order valence-electron chi connectivity index (χ1n) is 7.17. The Hall–Kier alpha value is -2.01. The molecule has 1 amide bonds. The van der Waals surface area contributed by atoms with Crippen molar-refractivity contribution in [3.8, 4) is 11.5 Å². The molecule has 118 valence electrons. The first-order valence-corrected chi connectivity index (χ1v) is 8.05. The van der Waals surface area contributed by atoms with Crippen molar-refractivity contribution < 1.29 is 14.3 Å². The summed E-state index contributed by atoms with van der Waals surface area (Å²) in [5.41, 5.74) is 0.938. The Labute approximate surface area is 135 Å². The fourth-order valence-electron chi connectivity index (χ4n) is 2.26. The molecule has 0 saturated carbocycles.